The molecule has 3 N–H and O–H groups in total. The number of nitrogen functional groups attached to an aromatic ring is 1. The highest BCUT2D eigenvalue weighted by molar-refractivity contribution is 5.96. The lowest BCUT2D eigenvalue weighted by Crippen LogP contribution is -2.28. The summed E-state index contributed by atoms with van der Waals surface area (Å²) >= 11 is 0. The third-order valence-electron chi connectivity index (χ3n) is 4.53. The summed E-state index contributed by atoms with van der Waals surface area (Å²) in [4.78, 5) is 4.40. The molecule has 1 atom stereocenters. The maximum Gasteiger partial charge on any atom is 0.0743 e. The average Bonchev–Trinajstić information content (AvgIpc) is 2.51. The number of aromatic nitrogens is 1. The van der Waals surface area contributed by atoms with Crippen LogP contribution in [0.4, 0.5) is 11.4 Å². The molecule has 3 heteroatoms. The van der Waals surface area contributed by atoms with E-state index in [4.69, 9.17) is 5.73 Å². The number of benzene rings is 1. The normalized spacial score (nSPS) is 18.1. The Bertz CT molecular complexity index is 588. The van der Waals surface area contributed by atoms with E-state index in [-0.39, 0.29) is 0 Å². The van der Waals surface area contributed by atoms with Crippen molar-refractivity contribution in [3.05, 3.63) is 30.5 Å². The monoisotopic (exact) mass is 269 g/mol. The van der Waals surface area contributed by atoms with Gasteiger partial charge in [0.15, 0.2) is 0 Å². The molecule has 1 aliphatic rings. The highest BCUT2D eigenvalue weighted by Crippen LogP contribution is 2.32. The minimum absolute atomic E-state index is 0.461. The lowest BCUT2D eigenvalue weighted by Gasteiger charge is -2.29. The average molecular weight is 269 g/mol. The van der Waals surface area contributed by atoms with Crippen LogP contribution in [0.2, 0.25) is 0 Å². The predicted octanol–water partition coefficient (Wildman–Crippen LogP) is 4.20. The van der Waals surface area contributed by atoms with Crippen LogP contribution < -0.4 is 11.1 Å². The van der Waals surface area contributed by atoms with Gasteiger partial charge in [0.05, 0.1) is 23.1 Å². The fraction of sp³-hybridized carbons (Fsp3) is 0.471. The molecule has 20 heavy (non-hydrogen) atoms. The van der Waals surface area contributed by atoms with Crippen LogP contribution in [0.3, 0.4) is 0 Å². The van der Waals surface area contributed by atoms with E-state index in [1.807, 2.05) is 18.2 Å². The number of anilines is 2. The standard InChI is InChI=1S/C17H23N3/c1-12(13-7-3-2-4-8-13)20-17-14-9-5-6-10-16(14)19-11-15(17)18/h5-6,9-13H,2-4,7-8,18H2,1H3,(H,19,20). The van der Waals surface area contributed by atoms with Crippen molar-refractivity contribution in [3.8, 4) is 0 Å². The predicted molar refractivity (Wildman–Crippen MR) is 85.8 cm³/mol. The van der Waals surface area contributed by atoms with Crippen LogP contribution in [0, 0.1) is 5.92 Å². The molecule has 1 aromatic carbocycles. The molecule has 0 radical (unpaired) electrons. The summed E-state index contributed by atoms with van der Waals surface area (Å²) in [6, 6.07) is 8.64. The van der Waals surface area contributed by atoms with E-state index in [0.29, 0.717) is 6.04 Å². The van der Waals surface area contributed by atoms with Crippen LogP contribution in [0.25, 0.3) is 10.9 Å². The molecule has 0 amide bonds. The summed E-state index contributed by atoms with van der Waals surface area (Å²) in [5.41, 5.74) is 8.93. The Morgan fingerprint density at radius 3 is 2.75 bits per heavy atom. The van der Waals surface area contributed by atoms with E-state index in [9.17, 15) is 0 Å². The minimum atomic E-state index is 0.461. The molecule has 3 rings (SSSR count). The first-order chi connectivity index (χ1) is 9.75. The number of pyridine rings is 1. The van der Waals surface area contributed by atoms with Crippen molar-refractivity contribution in [1.82, 2.24) is 4.98 Å². The molecule has 1 heterocycles. The smallest absolute Gasteiger partial charge is 0.0743 e. The van der Waals surface area contributed by atoms with Crippen molar-refractivity contribution < 1.29 is 0 Å². The number of rotatable bonds is 3. The maximum atomic E-state index is 6.14. The SMILES string of the molecule is CC(Nc1c(N)cnc2ccccc12)C1CCCCC1. The van der Waals surface area contributed by atoms with Gasteiger partial charge in [-0.2, -0.15) is 0 Å². The molecular weight excluding hydrogens is 246 g/mol. The Kier molecular flexibility index (Phi) is 3.77. The van der Waals surface area contributed by atoms with Crippen LogP contribution >= 0.6 is 0 Å². The topological polar surface area (TPSA) is 50.9 Å². The fourth-order valence-electron chi connectivity index (χ4n) is 3.30. The molecule has 2 aromatic rings. The maximum absolute atomic E-state index is 6.14. The molecule has 0 aliphatic heterocycles. The highest BCUT2D eigenvalue weighted by Gasteiger charge is 2.21. The van der Waals surface area contributed by atoms with Gasteiger partial charge in [-0.25, -0.2) is 0 Å². The summed E-state index contributed by atoms with van der Waals surface area (Å²) in [6.07, 6.45) is 8.54. The minimum Gasteiger partial charge on any atom is -0.396 e. The molecular formula is C17H23N3. The third-order valence-corrected chi connectivity index (χ3v) is 4.53. The van der Waals surface area contributed by atoms with Gasteiger partial charge in [0, 0.05) is 11.4 Å². The molecule has 0 spiro atoms. The quantitative estimate of drug-likeness (QED) is 0.878. The Labute approximate surface area is 120 Å². The van der Waals surface area contributed by atoms with Crippen molar-refractivity contribution in [1.29, 1.82) is 0 Å². The van der Waals surface area contributed by atoms with Crippen molar-refractivity contribution >= 4 is 22.3 Å². The Balaban J connectivity index is 1.87. The van der Waals surface area contributed by atoms with Gasteiger partial charge < -0.3 is 11.1 Å². The van der Waals surface area contributed by atoms with Gasteiger partial charge in [-0.1, -0.05) is 37.5 Å². The van der Waals surface area contributed by atoms with Gasteiger partial charge in [0.25, 0.3) is 0 Å². The van der Waals surface area contributed by atoms with E-state index >= 15 is 0 Å². The third kappa shape index (κ3) is 2.58. The number of hydrogen-bond donors (Lipinski definition) is 2. The molecule has 1 saturated carbocycles. The number of hydrogen-bond acceptors (Lipinski definition) is 3. The second-order valence-corrected chi connectivity index (χ2v) is 5.94. The van der Waals surface area contributed by atoms with Crippen molar-refractivity contribution in [2.24, 2.45) is 5.92 Å². The molecule has 0 saturated heterocycles. The van der Waals surface area contributed by atoms with Crippen LogP contribution in [0.1, 0.15) is 39.0 Å². The Hall–Kier alpha value is -1.77. The second kappa shape index (κ2) is 5.70. The summed E-state index contributed by atoms with van der Waals surface area (Å²) in [6.45, 7) is 2.28. The Morgan fingerprint density at radius 1 is 1.20 bits per heavy atom. The Morgan fingerprint density at radius 2 is 1.95 bits per heavy atom. The van der Waals surface area contributed by atoms with Crippen LogP contribution in [-0.4, -0.2) is 11.0 Å². The zero-order valence-corrected chi connectivity index (χ0v) is 12.1. The van der Waals surface area contributed by atoms with Gasteiger partial charge in [-0.05, 0) is 31.7 Å². The van der Waals surface area contributed by atoms with Crippen LogP contribution in [0.5, 0.6) is 0 Å². The van der Waals surface area contributed by atoms with Gasteiger partial charge >= 0.3 is 0 Å². The van der Waals surface area contributed by atoms with Crippen molar-refractivity contribution in [3.63, 3.8) is 0 Å². The summed E-state index contributed by atoms with van der Waals surface area (Å²) in [7, 11) is 0. The molecule has 1 fully saturated rings. The van der Waals surface area contributed by atoms with Crippen LogP contribution in [0.15, 0.2) is 30.5 Å². The van der Waals surface area contributed by atoms with E-state index < -0.39 is 0 Å². The van der Waals surface area contributed by atoms with E-state index in [1.54, 1.807) is 6.20 Å². The highest BCUT2D eigenvalue weighted by atomic mass is 14.9. The summed E-state index contributed by atoms with van der Waals surface area (Å²) in [5, 5.41) is 4.78. The molecule has 1 aromatic heterocycles. The largest absolute Gasteiger partial charge is 0.396 e. The lowest BCUT2D eigenvalue weighted by molar-refractivity contribution is 0.328. The van der Waals surface area contributed by atoms with Crippen LogP contribution in [-0.2, 0) is 0 Å². The first kappa shape index (κ1) is 13.2. The molecule has 0 bridgehead atoms. The van der Waals surface area contributed by atoms with E-state index in [0.717, 1.165) is 28.2 Å². The number of nitrogens with two attached hydrogens (primary N) is 1. The lowest BCUT2D eigenvalue weighted by atomic mass is 9.84. The zero-order valence-electron chi connectivity index (χ0n) is 12.1. The summed E-state index contributed by atoms with van der Waals surface area (Å²) in [5.74, 6) is 0.759. The van der Waals surface area contributed by atoms with E-state index in [1.165, 1.54) is 32.1 Å². The summed E-state index contributed by atoms with van der Waals surface area (Å²) < 4.78 is 0. The molecule has 3 nitrogen and oxygen atoms in total. The van der Waals surface area contributed by atoms with Gasteiger partial charge in [-0.3, -0.25) is 4.98 Å². The number of para-hydroxylation sites is 1. The van der Waals surface area contributed by atoms with Crippen molar-refractivity contribution in [2.45, 2.75) is 45.1 Å². The first-order valence-electron chi connectivity index (χ1n) is 7.65. The molecule has 1 aliphatic carbocycles. The van der Waals surface area contributed by atoms with E-state index in [2.05, 4.69) is 23.3 Å². The number of fused-ring (bicyclic) bond motifs is 1. The first-order valence-corrected chi connectivity index (χ1v) is 7.65. The molecule has 106 valence electrons. The fourth-order valence-corrected chi connectivity index (χ4v) is 3.30. The molecule has 1 unspecified atom stereocenters. The zero-order chi connectivity index (χ0) is 13.9. The number of nitrogens with zero attached hydrogens (tertiary/aromatic N) is 1. The second-order valence-electron chi connectivity index (χ2n) is 5.94. The van der Waals surface area contributed by atoms with Crippen molar-refractivity contribution in [2.75, 3.05) is 11.1 Å². The van der Waals surface area contributed by atoms with Gasteiger partial charge in [0.2, 0.25) is 0 Å². The number of nitrogens with one attached hydrogen (secondary N) is 1. The van der Waals surface area contributed by atoms with Gasteiger partial charge in [-0.15, -0.1) is 0 Å². The van der Waals surface area contributed by atoms with Gasteiger partial charge in [0.1, 0.15) is 0 Å².